The molecular formula is C18H19BrN2O2S2. The number of thiocarbonyl (C=S) groups is 1. The second kappa shape index (κ2) is 8.47. The van der Waals surface area contributed by atoms with E-state index < -0.39 is 0 Å². The second-order valence-electron chi connectivity index (χ2n) is 6.08. The molecule has 4 nitrogen and oxygen atoms in total. The van der Waals surface area contributed by atoms with Crippen LogP contribution in [0.25, 0.3) is 6.08 Å². The number of likely N-dealkylation sites (tertiary alicyclic amines) is 1. The first kappa shape index (κ1) is 18.6. The highest BCUT2D eigenvalue weighted by atomic mass is 79.9. The van der Waals surface area contributed by atoms with Crippen LogP contribution in [0.2, 0.25) is 0 Å². The lowest BCUT2D eigenvalue weighted by Gasteiger charge is -2.17. The Labute approximate surface area is 165 Å². The van der Waals surface area contributed by atoms with E-state index in [-0.39, 0.29) is 11.8 Å². The second-order valence-corrected chi connectivity index (χ2v) is 8.67. The molecule has 0 N–H and O–H groups in total. The predicted molar refractivity (Wildman–Crippen MR) is 109 cm³/mol. The zero-order valence-corrected chi connectivity index (χ0v) is 17.0. The molecule has 0 unspecified atom stereocenters. The van der Waals surface area contributed by atoms with Crippen molar-refractivity contribution in [3.05, 3.63) is 39.2 Å². The molecule has 2 saturated heterocycles. The minimum atomic E-state index is -0.0661. The number of rotatable bonds is 5. The molecule has 2 heterocycles. The van der Waals surface area contributed by atoms with E-state index in [0.29, 0.717) is 28.6 Å². The maximum atomic E-state index is 12.6. The van der Waals surface area contributed by atoms with Crippen molar-refractivity contribution >= 4 is 62.1 Å². The molecule has 2 amide bonds. The summed E-state index contributed by atoms with van der Waals surface area (Å²) in [5.74, 6) is 0.121. The summed E-state index contributed by atoms with van der Waals surface area (Å²) in [5, 5.41) is 0. The summed E-state index contributed by atoms with van der Waals surface area (Å²) in [7, 11) is 0. The summed E-state index contributed by atoms with van der Waals surface area (Å²) in [6.07, 6.45) is 5.18. The molecular weight excluding hydrogens is 420 g/mol. The third-order valence-corrected chi connectivity index (χ3v) is 6.12. The van der Waals surface area contributed by atoms with Gasteiger partial charge in [0.1, 0.15) is 4.32 Å². The molecule has 0 aromatic heterocycles. The van der Waals surface area contributed by atoms with E-state index in [4.69, 9.17) is 12.2 Å². The lowest BCUT2D eigenvalue weighted by atomic mass is 10.2. The molecule has 1 aromatic carbocycles. The SMILES string of the molecule is O=C(CCCN1C(=O)C(=Cc2cccc(Br)c2)SC1=S)N1CCCC1. The van der Waals surface area contributed by atoms with Crippen LogP contribution >= 0.6 is 39.9 Å². The number of hydrogen-bond donors (Lipinski definition) is 0. The molecule has 0 bridgehead atoms. The zero-order valence-electron chi connectivity index (χ0n) is 13.7. The lowest BCUT2D eigenvalue weighted by Crippen LogP contribution is -2.31. The van der Waals surface area contributed by atoms with Crippen molar-refractivity contribution in [2.24, 2.45) is 0 Å². The van der Waals surface area contributed by atoms with Crippen molar-refractivity contribution in [2.45, 2.75) is 25.7 Å². The van der Waals surface area contributed by atoms with Crippen molar-refractivity contribution in [3.63, 3.8) is 0 Å². The molecule has 0 atom stereocenters. The first-order valence-corrected chi connectivity index (χ1v) is 10.3. The molecule has 132 valence electrons. The highest BCUT2D eigenvalue weighted by Gasteiger charge is 2.31. The Morgan fingerprint density at radius 2 is 2.08 bits per heavy atom. The molecule has 0 aliphatic carbocycles. The molecule has 7 heteroatoms. The minimum Gasteiger partial charge on any atom is -0.343 e. The first-order chi connectivity index (χ1) is 12.0. The van der Waals surface area contributed by atoms with Gasteiger partial charge in [-0.05, 0) is 43.0 Å². The summed E-state index contributed by atoms with van der Waals surface area (Å²) >= 11 is 10.1. The minimum absolute atomic E-state index is 0.0661. The summed E-state index contributed by atoms with van der Waals surface area (Å²) in [4.78, 5) is 28.8. The van der Waals surface area contributed by atoms with Gasteiger partial charge in [-0.25, -0.2) is 0 Å². The van der Waals surface area contributed by atoms with Crippen molar-refractivity contribution < 1.29 is 9.59 Å². The van der Waals surface area contributed by atoms with E-state index in [2.05, 4.69) is 15.9 Å². The average Bonchev–Trinajstić information content (AvgIpc) is 3.19. The standard InChI is InChI=1S/C18H19BrN2O2S2/c19-14-6-3-5-13(11-14)12-15-17(23)21(18(24)25-15)10-4-7-16(22)20-8-1-2-9-20/h3,5-6,11-12H,1-2,4,7-10H2. The van der Waals surface area contributed by atoms with Gasteiger partial charge in [0, 0.05) is 30.5 Å². The van der Waals surface area contributed by atoms with E-state index in [1.165, 1.54) is 11.8 Å². The number of carbonyl (C=O) groups is 2. The summed E-state index contributed by atoms with van der Waals surface area (Å²) in [6.45, 7) is 2.24. The Bertz CT molecular complexity index is 730. The Kier molecular flexibility index (Phi) is 6.30. The summed E-state index contributed by atoms with van der Waals surface area (Å²) in [6, 6.07) is 7.79. The van der Waals surface area contributed by atoms with Crippen molar-refractivity contribution in [1.82, 2.24) is 9.80 Å². The lowest BCUT2D eigenvalue weighted by molar-refractivity contribution is -0.130. The number of amides is 2. The zero-order chi connectivity index (χ0) is 17.8. The highest BCUT2D eigenvalue weighted by molar-refractivity contribution is 9.10. The Balaban J connectivity index is 1.57. The molecule has 0 spiro atoms. The van der Waals surface area contributed by atoms with E-state index in [9.17, 15) is 9.59 Å². The summed E-state index contributed by atoms with van der Waals surface area (Å²) < 4.78 is 1.54. The van der Waals surface area contributed by atoms with Crippen LogP contribution in [-0.4, -0.2) is 45.6 Å². The van der Waals surface area contributed by atoms with Crippen LogP contribution in [0.4, 0.5) is 0 Å². The molecule has 1 aromatic rings. The van der Waals surface area contributed by atoms with Gasteiger partial charge in [0.25, 0.3) is 5.91 Å². The van der Waals surface area contributed by atoms with Gasteiger partial charge < -0.3 is 4.90 Å². The van der Waals surface area contributed by atoms with E-state index in [0.717, 1.165) is 36.0 Å². The van der Waals surface area contributed by atoms with Crippen molar-refractivity contribution in [2.75, 3.05) is 19.6 Å². The Morgan fingerprint density at radius 3 is 2.80 bits per heavy atom. The van der Waals surface area contributed by atoms with Gasteiger partial charge in [0.15, 0.2) is 0 Å². The molecule has 3 rings (SSSR count). The number of benzene rings is 1. The van der Waals surface area contributed by atoms with Gasteiger partial charge in [0.05, 0.1) is 4.91 Å². The van der Waals surface area contributed by atoms with Gasteiger partial charge in [0.2, 0.25) is 5.91 Å². The molecule has 0 saturated carbocycles. The molecule has 2 aliphatic rings. The Morgan fingerprint density at radius 1 is 1.32 bits per heavy atom. The third-order valence-electron chi connectivity index (χ3n) is 4.25. The van der Waals surface area contributed by atoms with E-state index in [1.807, 2.05) is 35.2 Å². The maximum absolute atomic E-state index is 12.6. The predicted octanol–water partition coefficient (Wildman–Crippen LogP) is 4.05. The highest BCUT2D eigenvalue weighted by Crippen LogP contribution is 2.33. The molecule has 2 fully saturated rings. The van der Waals surface area contributed by atoms with Crippen LogP contribution in [0.1, 0.15) is 31.2 Å². The fourth-order valence-corrected chi connectivity index (χ4v) is 4.68. The average molecular weight is 439 g/mol. The van der Waals surface area contributed by atoms with Crippen LogP contribution < -0.4 is 0 Å². The van der Waals surface area contributed by atoms with Crippen molar-refractivity contribution in [3.8, 4) is 0 Å². The van der Waals surface area contributed by atoms with E-state index >= 15 is 0 Å². The number of carbonyl (C=O) groups excluding carboxylic acids is 2. The van der Waals surface area contributed by atoms with Crippen LogP contribution in [0.3, 0.4) is 0 Å². The number of nitrogens with zero attached hydrogens (tertiary/aromatic N) is 2. The van der Waals surface area contributed by atoms with Gasteiger partial charge in [-0.15, -0.1) is 0 Å². The smallest absolute Gasteiger partial charge is 0.266 e. The van der Waals surface area contributed by atoms with Gasteiger partial charge in [-0.2, -0.15) is 0 Å². The third kappa shape index (κ3) is 4.71. The van der Waals surface area contributed by atoms with Crippen LogP contribution in [0.15, 0.2) is 33.6 Å². The topological polar surface area (TPSA) is 40.6 Å². The van der Waals surface area contributed by atoms with Crippen LogP contribution in [0.5, 0.6) is 0 Å². The van der Waals surface area contributed by atoms with Gasteiger partial charge in [-0.3, -0.25) is 14.5 Å². The maximum Gasteiger partial charge on any atom is 0.266 e. The fraction of sp³-hybridized carbons (Fsp3) is 0.389. The van der Waals surface area contributed by atoms with Crippen LogP contribution in [0, 0.1) is 0 Å². The monoisotopic (exact) mass is 438 g/mol. The number of halogens is 1. The largest absolute Gasteiger partial charge is 0.343 e. The molecule has 0 radical (unpaired) electrons. The van der Waals surface area contributed by atoms with Crippen molar-refractivity contribution in [1.29, 1.82) is 0 Å². The van der Waals surface area contributed by atoms with Gasteiger partial charge in [-0.1, -0.05) is 52.0 Å². The summed E-state index contributed by atoms with van der Waals surface area (Å²) in [5.41, 5.74) is 0.957. The molecule has 2 aliphatic heterocycles. The van der Waals surface area contributed by atoms with E-state index in [1.54, 1.807) is 4.90 Å². The van der Waals surface area contributed by atoms with Gasteiger partial charge >= 0.3 is 0 Å². The number of hydrogen-bond acceptors (Lipinski definition) is 4. The fourth-order valence-electron chi connectivity index (χ4n) is 2.95. The van der Waals surface area contributed by atoms with Crippen LogP contribution in [-0.2, 0) is 9.59 Å². The number of thioether (sulfide) groups is 1. The Hall–Kier alpha value is -1.18. The first-order valence-electron chi connectivity index (χ1n) is 8.33. The normalized spacial score (nSPS) is 19.3. The quantitative estimate of drug-likeness (QED) is 0.513. The molecule has 25 heavy (non-hydrogen) atoms.